The predicted molar refractivity (Wildman–Crippen MR) is 182 cm³/mol. The van der Waals surface area contributed by atoms with Crippen LogP contribution in [-0.4, -0.2) is 56.7 Å². The van der Waals surface area contributed by atoms with Gasteiger partial charge in [-0.05, 0) is 72.9 Å². The van der Waals surface area contributed by atoms with Crippen molar-refractivity contribution in [3.8, 4) is 11.5 Å². The maximum atomic E-state index is 14.1. The summed E-state index contributed by atoms with van der Waals surface area (Å²) in [6.07, 6.45) is 2.77. The smallest absolute Gasteiger partial charge is 0.255 e. The molecule has 0 unspecified atom stereocenters. The SMILES string of the molecule is CC1(C)[C@H]2CC[C@@]1(CS(=O)(=O)Nc1cc(C(=O)Nc3ccc4c(c3)OCCO4)ccc1N1C[C@@H]3C[C@@H](C1)c1cccc(=O)n1C3)C(=O)C2. The molecule has 3 fully saturated rings. The van der Waals surface area contributed by atoms with E-state index in [1.54, 1.807) is 48.5 Å². The van der Waals surface area contributed by atoms with Crippen LogP contribution in [0, 0.1) is 22.7 Å². The Morgan fingerprint density at radius 2 is 1.79 bits per heavy atom. The van der Waals surface area contributed by atoms with Crippen LogP contribution in [0.5, 0.6) is 11.5 Å². The van der Waals surface area contributed by atoms with Crippen molar-refractivity contribution in [3.63, 3.8) is 0 Å². The minimum atomic E-state index is -4.02. The summed E-state index contributed by atoms with van der Waals surface area (Å²) in [4.78, 5) is 41.6. The molecule has 1 saturated heterocycles. The molecule has 4 bridgehead atoms. The first kappa shape index (κ1) is 31.0. The molecule has 48 heavy (non-hydrogen) atoms. The van der Waals surface area contributed by atoms with Gasteiger partial charge in [0.05, 0.1) is 22.5 Å². The fraction of sp³-hybridized carbons (Fsp3) is 0.472. The molecule has 1 aromatic heterocycles. The van der Waals surface area contributed by atoms with Crippen LogP contribution in [0.15, 0.2) is 59.4 Å². The number of carbonyl (C=O) groups is 2. The predicted octanol–water partition coefficient (Wildman–Crippen LogP) is 4.63. The number of hydrogen-bond acceptors (Lipinski definition) is 8. The van der Waals surface area contributed by atoms with Crippen molar-refractivity contribution in [1.29, 1.82) is 0 Å². The third kappa shape index (κ3) is 5.07. The van der Waals surface area contributed by atoms with Gasteiger partial charge in [0, 0.05) is 61.1 Å². The van der Waals surface area contributed by atoms with Gasteiger partial charge in [-0.3, -0.25) is 19.1 Å². The molecule has 2 saturated carbocycles. The Morgan fingerprint density at radius 3 is 2.56 bits per heavy atom. The number of carbonyl (C=O) groups excluding carboxylic acids is 2. The van der Waals surface area contributed by atoms with E-state index in [9.17, 15) is 22.8 Å². The van der Waals surface area contributed by atoms with Gasteiger partial charge in [-0.25, -0.2) is 8.42 Å². The van der Waals surface area contributed by atoms with Gasteiger partial charge in [-0.15, -0.1) is 0 Å². The summed E-state index contributed by atoms with van der Waals surface area (Å²) in [7, 11) is -4.02. The average Bonchev–Trinajstić information content (AvgIpc) is 3.39. The number of Topliss-reactive ketones (excluding diaryl/α,β-unsaturated/α-hetero) is 1. The highest BCUT2D eigenvalue weighted by atomic mass is 32.2. The van der Waals surface area contributed by atoms with E-state index in [0.29, 0.717) is 74.3 Å². The molecule has 2 N–H and O–H groups in total. The maximum Gasteiger partial charge on any atom is 0.255 e. The number of rotatable bonds is 7. The number of hydrogen-bond donors (Lipinski definition) is 2. The molecule has 4 heterocycles. The second-order valence-electron chi connectivity index (χ2n) is 14.7. The molecule has 3 aromatic rings. The van der Waals surface area contributed by atoms with Crippen molar-refractivity contribution in [1.82, 2.24) is 4.57 Å². The number of pyridine rings is 1. The molecule has 12 heteroatoms. The Morgan fingerprint density at radius 1 is 0.979 bits per heavy atom. The highest BCUT2D eigenvalue weighted by Crippen LogP contribution is 2.64. The Bertz CT molecular complexity index is 2010. The summed E-state index contributed by atoms with van der Waals surface area (Å²) in [6.45, 7) is 6.74. The van der Waals surface area contributed by atoms with Gasteiger partial charge < -0.3 is 24.3 Å². The Balaban J connectivity index is 1.12. The zero-order chi connectivity index (χ0) is 33.4. The van der Waals surface area contributed by atoms with E-state index in [4.69, 9.17) is 9.47 Å². The third-order valence-corrected chi connectivity index (χ3v) is 13.1. The van der Waals surface area contributed by atoms with Gasteiger partial charge in [0.2, 0.25) is 10.0 Å². The van der Waals surface area contributed by atoms with Crippen LogP contribution in [0.4, 0.5) is 17.1 Å². The van der Waals surface area contributed by atoms with Crippen LogP contribution >= 0.6 is 0 Å². The van der Waals surface area contributed by atoms with E-state index >= 15 is 0 Å². The molecule has 0 spiro atoms. The Kier molecular flexibility index (Phi) is 7.17. The number of anilines is 3. The van der Waals surface area contributed by atoms with Crippen molar-refractivity contribution < 1.29 is 27.5 Å². The van der Waals surface area contributed by atoms with E-state index in [-0.39, 0.29) is 40.4 Å². The summed E-state index contributed by atoms with van der Waals surface area (Å²) in [5, 5.41) is 2.90. The molecule has 2 aliphatic carbocycles. The third-order valence-electron chi connectivity index (χ3n) is 11.7. The number of nitrogens with zero attached hydrogens (tertiary/aromatic N) is 2. The minimum Gasteiger partial charge on any atom is -0.486 e. The molecule has 3 aliphatic heterocycles. The zero-order valence-corrected chi connectivity index (χ0v) is 28.0. The molecule has 252 valence electrons. The van der Waals surface area contributed by atoms with Crippen LogP contribution in [0.25, 0.3) is 0 Å². The number of ether oxygens (including phenoxy) is 2. The van der Waals surface area contributed by atoms with Crippen molar-refractivity contribution in [2.45, 2.75) is 52.0 Å². The van der Waals surface area contributed by atoms with Crippen LogP contribution in [0.1, 0.15) is 61.5 Å². The first-order valence-corrected chi connectivity index (χ1v) is 18.4. The topological polar surface area (TPSA) is 136 Å². The van der Waals surface area contributed by atoms with Crippen LogP contribution in [0.2, 0.25) is 0 Å². The average molecular weight is 673 g/mol. The number of piperidine rings is 1. The fourth-order valence-corrected chi connectivity index (χ4v) is 11.0. The summed E-state index contributed by atoms with van der Waals surface area (Å²) >= 11 is 0. The molecule has 0 radical (unpaired) electrons. The quantitative estimate of drug-likeness (QED) is 0.371. The van der Waals surface area contributed by atoms with Gasteiger partial charge >= 0.3 is 0 Å². The lowest BCUT2D eigenvalue weighted by Gasteiger charge is -2.44. The number of aromatic nitrogens is 1. The van der Waals surface area contributed by atoms with Crippen molar-refractivity contribution in [2.24, 2.45) is 22.7 Å². The van der Waals surface area contributed by atoms with Crippen LogP contribution in [0.3, 0.4) is 0 Å². The standard InChI is InChI=1S/C36H40N4O7S/c1-35(2)25-10-11-36(35,32(41)16-25)21-48(44,45)38-27-15-23(34(43)37-26-7-9-30-31(17-26)47-13-12-46-30)6-8-29(27)39-18-22-14-24(20-39)28-4-3-5-33(42)40(28)19-22/h3-9,15,17,22,24-25,38H,10-14,16,18-21H2,1-2H3,(H,37,43)/t22-,24-,25-,36+/m0/s1. The first-order valence-electron chi connectivity index (χ1n) is 16.8. The number of benzene rings is 2. The number of fused-ring (bicyclic) bond motifs is 7. The zero-order valence-electron chi connectivity index (χ0n) is 27.2. The van der Waals surface area contributed by atoms with E-state index < -0.39 is 26.8 Å². The van der Waals surface area contributed by atoms with Crippen molar-refractivity contribution in [3.05, 3.63) is 76.2 Å². The molecular formula is C36H40N4O7S. The maximum absolute atomic E-state index is 14.1. The highest BCUT2D eigenvalue weighted by molar-refractivity contribution is 7.92. The summed E-state index contributed by atoms with van der Waals surface area (Å²) in [5.74, 6) is 0.955. The number of ketones is 1. The Hall–Kier alpha value is -4.32. The minimum absolute atomic E-state index is 0.00427. The van der Waals surface area contributed by atoms with E-state index in [0.717, 1.165) is 18.5 Å². The van der Waals surface area contributed by atoms with E-state index in [2.05, 4.69) is 14.9 Å². The highest BCUT2D eigenvalue weighted by Gasteiger charge is 2.65. The molecular weight excluding hydrogens is 632 g/mol. The second-order valence-corrected chi connectivity index (χ2v) is 16.4. The largest absolute Gasteiger partial charge is 0.486 e. The van der Waals surface area contributed by atoms with Crippen LogP contribution in [-0.2, 0) is 21.4 Å². The first-order chi connectivity index (χ1) is 22.9. The van der Waals surface area contributed by atoms with E-state index in [1.807, 2.05) is 24.5 Å². The van der Waals surface area contributed by atoms with Crippen LogP contribution < -0.4 is 30.0 Å². The van der Waals surface area contributed by atoms with Crippen molar-refractivity contribution in [2.75, 3.05) is 47.0 Å². The summed E-state index contributed by atoms with van der Waals surface area (Å²) in [6, 6.07) is 15.6. The van der Waals surface area contributed by atoms with E-state index in [1.165, 1.54) is 0 Å². The lowest BCUT2D eigenvalue weighted by Crippen LogP contribution is -2.47. The van der Waals surface area contributed by atoms with Gasteiger partial charge in [-0.1, -0.05) is 19.9 Å². The molecule has 4 atom stereocenters. The normalized spacial score (nSPS) is 26.6. The molecule has 5 aliphatic rings. The van der Waals surface area contributed by atoms with Gasteiger partial charge in [0.15, 0.2) is 11.5 Å². The molecule has 2 aromatic carbocycles. The second kappa shape index (κ2) is 11.1. The molecule has 1 amide bonds. The number of nitrogens with one attached hydrogen (secondary N) is 2. The number of amides is 1. The van der Waals surface area contributed by atoms with Gasteiger partial charge in [0.1, 0.15) is 19.0 Å². The van der Waals surface area contributed by atoms with Gasteiger partial charge in [-0.2, -0.15) is 0 Å². The lowest BCUT2D eigenvalue weighted by atomic mass is 9.70. The monoisotopic (exact) mass is 672 g/mol. The van der Waals surface area contributed by atoms with Crippen molar-refractivity contribution >= 4 is 38.8 Å². The Labute approximate surface area is 279 Å². The molecule has 11 nitrogen and oxygen atoms in total. The summed E-state index contributed by atoms with van der Waals surface area (Å²) < 4.78 is 44.1. The fourth-order valence-electron chi connectivity index (χ4n) is 9.09. The van der Waals surface area contributed by atoms with Gasteiger partial charge in [0.25, 0.3) is 11.5 Å². The summed E-state index contributed by atoms with van der Waals surface area (Å²) in [5.41, 5.74) is 1.38. The molecule has 8 rings (SSSR count). The number of sulfonamides is 1. The lowest BCUT2D eigenvalue weighted by molar-refractivity contribution is -0.128.